The molecular formula is C15H19FN4O2. The molecule has 118 valence electrons. The van der Waals surface area contributed by atoms with E-state index in [4.69, 9.17) is 0 Å². The van der Waals surface area contributed by atoms with Crippen LogP contribution in [0.15, 0.2) is 24.3 Å². The first kappa shape index (κ1) is 14.9. The number of carbonyl (C=O) groups is 2. The van der Waals surface area contributed by atoms with Crippen LogP contribution >= 0.6 is 0 Å². The summed E-state index contributed by atoms with van der Waals surface area (Å²) < 4.78 is 13.4. The third kappa shape index (κ3) is 3.10. The number of amides is 3. The third-order valence-corrected chi connectivity index (χ3v) is 4.14. The van der Waals surface area contributed by atoms with Crippen molar-refractivity contribution >= 4 is 11.9 Å². The predicted octanol–water partition coefficient (Wildman–Crippen LogP) is 0.324. The number of nitrogens with one attached hydrogen (secondary N) is 2. The highest BCUT2D eigenvalue weighted by Crippen LogP contribution is 2.22. The van der Waals surface area contributed by atoms with E-state index in [0.717, 1.165) is 25.2 Å². The first-order valence-corrected chi connectivity index (χ1v) is 7.43. The number of hydrogen-bond donors (Lipinski definition) is 2. The number of imide groups is 1. The molecule has 2 saturated heterocycles. The molecule has 1 aromatic carbocycles. The van der Waals surface area contributed by atoms with Crippen LogP contribution in [0, 0.1) is 5.82 Å². The Morgan fingerprint density at radius 1 is 1.27 bits per heavy atom. The van der Waals surface area contributed by atoms with Crippen molar-refractivity contribution in [1.82, 2.24) is 20.4 Å². The number of benzene rings is 1. The van der Waals surface area contributed by atoms with Crippen LogP contribution in [0.25, 0.3) is 0 Å². The zero-order valence-corrected chi connectivity index (χ0v) is 12.2. The van der Waals surface area contributed by atoms with Gasteiger partial charge in [-0.2, -0.15) is 0 Å². The molecule has 2 aliphatic rings. The van der Waals surface area contributed by atoms with Crippen LogP contribution in [-0.4, -0.2) is 61.0 Å². The number of halogens is 1. The van der Waals surface area contributed by atoms with E-state index >= 15 is 0 Å². The van der Waals surface area contributed by atoms with Gasteiger partial charge in [-0.3, -0.25) is 14.6 Å². The Balaban J connectivity index is 1.68. The summed E-state index contributed by atoms with van der Waals surface area (Å²) in [6.07, 6.45) is 0. The van der Waals surface area contributed by atoms with Gasteiger partial charge in [0.25, 0.3) is 0 Å². The number of nitrogens with zero attached hydrogens (tertiary/aromatic N) is 2. The fourth-order valence-electron chi connectivity index (χ4n) is 2.97. The van der Waals surface area contributed by atoms with Crippen molar-refractivity contribution in [3.05, 3.63) is 35.6 Å². The normalized spacial score (nSPS) is 23.0. The number of piperazine rings is 1. The molecule has 0 saturated carbocycles. The van der Waals surface area contributed by atoms with E-state index in [-0.39, 0.29) is 30.3 Å². The fraction of sp³-hybridized carbons (Fsp3) is 0.467. The Kier molecular flexibility index (Phi) is 4.35. The topological polar surface area (TPSA) is 64.7 Å². The molecule has 3 rings (SSSR count). The molecule has 2 heterocycles. The van der Waals surface area contributed by atoms with E-state index in [0.29, 0.717) is 13.1 Å². The molecule has 3 amide bonds. The van der Waals surface area contributed by atoms with Gasteiger partial charge >= 0.3 is 6.03 Å². The van der Waals surface area contributed by atoms with Gasteiger partial charge in [-0.25, -0.2) is 9.18 Å². The minimum Gasteiger partial charge on any atom is -0.329 e. The van der Waals surface area contributed by atoms with Crippen LogP contribution < -0.4 is 10.6 Å². The number of rotatable bonds is 4. The SMILES string of the molecule is O=C1CNC(=O)N1CCN1CCNCC1c1cccc(F)c1. The summed E-state index contributed by atoms with van der Waals surface area (Å²) >= 11 is 0. The zero-order valence-electron chi connectivity index (χ0n) is 12.2. The molecule has 0 bridgehead atoms. The molecule has 0 aliphatic carbocycles. The van der Waals surface area contributed by atoms with Crippen molar-refractivity contribution in [1.29, 1.82) is 0 Å². The predicted molar refractivity (Wildman–Crippen MR) is 78.7 cm³/mol. The lowest BCUT2D eigenvalue weighted by Crippen LogP contribution is -2.49. The lowest BCUT2D eigenvalue weighted by molar-refractivity contribution is -0.125. The molecule has 0 spiro atoms. The minimum absolute atomic E-state index is 0.0465. The van der Waals surface area contributed by atoms with Gasteiger partial charge in [0.05, 0.1) is 6.54 Å². The Hall–Kier alpha value is -1.99. The molecule has 1 aromatic rings. The molecule has 2 N–H and O–H groups in total. The van der Waals surface area contributed by atoms with Crippen molar-refractivity contribution in [2.45, 2.75) is 6.04 Å². The van der Waals surface area contributed by atoms with Crippen LogP contribution in [0.3, 0.4) is 0 Å². The number of hydrogen-bond acceptors (Lipinski definition) is 4. The van der Waals surface area contributed by atoms with Gasteiger partial charge in [0.2, 0.25) is 5.91 Å². The van der Waals surface area contributed by atoms with Gasteiger partial charge < -0.3 is 10.6 Å². The average molecular weight is 306 g/mol. The smallest absolute Gasteiger partial charge is 0.324 e. The van der Waals surface area contributed by atoms with E-state index in [1.807, 2.05) is 6.07 Å². The molecule has 0 aromatic heterocycles. The van der Waals surface area contributed by atoms with Crippen molar-refractivity contribution in [2.24, 2.45) is 0 Å². The summed E-state index contributed by atoms with van der Waals surface area (Å²) in [5.74, 6) is -0.445. The van der Waals surface area contributed by atoms with Crippen LogP contribution in [-0.2, 0) is 4.79 Å². The molecule has 2 fully saturated rings. The average Bonchev–Trinajstić information content (AvgIpc) is 2.84. The molecule has 2 aliphatic heterocycles. The highest BCUT2D eigenvalue weighted by Gasteiger charge is 2.30. The Labute approximate surface area is 128 Å². The maximum atomic E-state index is 13.4. The fourth-order valence-corrected chi connectivity index (χ4v) is 2.97. The van der Waals surface area contributed by atoms with E-state index in [2.05, 4.69) is 15.5 Å². The molecule has 7 heteroatoms. The van der Waals surface area contributed by atoms with Crippen molar-refractivity contribution in [3.63, 3.8) is 0 Å². The zero-order chi connectivity index (χ0) is 15.5. The summed E-state index contributed by atoms with van der Waals surface area (Å²) in [6, 6.07) is 6.29. The Bertz CT molecular complexity index is 564. The Morgan fingerprint density at radius 2 is 2.14 bits per heavy atom. The van der Waals surface area contributed by atoms with Gasteiger partial charge in [0.1, 0.15) is 5.82 Å². The molecule has 1 unspecified atom stereocenters. The van der Waals surface area contributed by atoms with Crippen LogP contribution in [0.2, 0.25) is 0 Å². The van der Waals surface area contributed by atoms with Gasteiger partial charge in [-0.1, -0.05) is 12.1 Å². The van der Waals surface area contributed by atoms with E-state index in [9.17, 15) is 14.0 Å². The van der Waals surface area contributed by atoms with E-state index < -0.39 is 0 Å². The van der Waals surface area contributed by atoms with Crippen molar-refractivity contribution in [3.8, 4) is 0 Å². The Morgan fingerprint density at radius 3 is 2.86 bits per heavy atom. The van der Waals surface area contributed by atoms with Crippen molar-refractivity contribution < 1.29 is 14.0 Å². The summed E-state index contributed by atoms with van der Waals surface area (Å²) in [5.41, 5.74) is 0.907. The van der Waals surface area contributed by atoms with Gasteiger partial charge in [-0.05, 0) is 17.7 Å². The summed E-state index contributed by atoms with van der Waals surface area (Å²) in [7, 11) is 0. The highest BCUT2D eigenvalue weighted by molar-refractivity contribution is 6.01. The molecule has 1 atom stereocenters. The van der Waals surface area contributed by atoms with Gasteiger partial charge in [0, 0.05) is 38.8 Å². The molecule has 6 nitrogen and oxygen atoms in total. The monoisotopic (exact) mass is 306 g/mol. The molecule has 22 heavy (non-hydrogen) atoms. The first-order chi connectivity index (χ1) is 10.6. The second-order valence-electron chi connectivity index (χ2n) is 5.51. The maximum Gasteiger partial charge on any atom is 0.324 e. The highest BCUT2D eigenvalue weighted by atomic mass is 19.1. The van der Waals surface area contributed by atoms with Gasteiger partial charge in [0.15, 0.2) is 0 Å². The number of carbonyl (C=O) groups excluding carboxylic acids is 2. The van der Waals surface area contributed by atoms with E-state index in [1.165, 1.54) is 11.0 Å². The standard InChI is InChI=1S/C15H19FN4O2/c16-12-3-1-2-11(8-12)13-9-17-4-5-19(13)6-7-20-14(21)10-18-15(20)22/h1-3,8,13,17H,4-7,9-10H2,(H,18,22). The maximum absolute atomic E-state index is 13.4. The largest absolute Gasteiger partial charge is 0.329 e. The van der Waals surface area contributed by atoms with Crippen molar-refractivity contribution in [2.75, 3.05) is 39.3 Å². The quantitative estimate of drug-likeness (QED) is 0.787. The first-order valence-electron chi connectivity index (χ1n) is 7.43. The number of urea groups is 1. The summed E-state index contributed by atoms with van der Waals surface area (Å²) in [6.45, 7) is 3.38. The van der Waals surface area contributed by atoms with Crippen LogP contribution in [0.5, 0.6) is 0 Å². The lowest BCUT2D eigenvalue weighted by Gasteiger charge is -2.37. The van der Waals surface area contributed by atoms with Gasteiger partial charge in [-0.15, -0.1) is 0 Å². The summed E-state index contributed by atoms with van der Waals surface area (Å²) in [5, 5.41) is 5.82. The summed E-state index contributed by atoms with van der Waals surface area (Å²) in [4.78, 5) is 26.6. The lowest BCUT2D eigenvalue weighted by atomic mass is 10.0. The van der Waals surface area contributed by atoms with Crippen LogP contribution in [0.4, 0.5) is 9.18 Å². The molecule has 0 radical (unpaired) electrons. The molecular weight excluding hydrogens is 287 g/mol. The minimum atomic E-state index is -0.331. The second kappa shape index (κ2) is 6.41. The van der Waals surface area contributed by atoms with Crippen LogP contribution in [0.1, 0.15) is 11.6 Å². The third-order valence-electron chi connectivity index (χ3n) is 4.14. The second-order valence-corrected chi connectivity index (χ2v) is 5.51. The van der Waals surface area contributed by atoms with E-state index in [1.54, 1.807) is 12.1 Å².